The Morgan fingerprint density at radius 2 is 1.75 bits per heavy atom. The maximum absolute atomic E-state index is 13.2. The van der Waals surface area contributed by atoms with Crippen molar-refractivity contribution in [3.05, 3.63) is 71.4 Å². The molecule has 0 amide bonds. The van der Waals surface area contributed by atoms with Crippen LogP contribution in [-0.2, 0) is 10.9 Å². The Balaban J connectivity index is 1.99. The van der Waals surface area contributed by atoms with Gasteiger partial charge in [-0.3, -0.25) is 0 Å². The highest BCUT2D eigenvalue weighted by atomic mass is 19.4. The van der Waals surface area contributed by atoms with Crippen LogP contribution in [0.5, 0.6) is 5.75 Å². The van der Waals surface area contributed by atoms with E-state index in [1.807, 2.05) is 0 Å². The minimum absolute atomic E-state index is 0.174. The van der Waals surface area contributed by atoms with E-state index in [-0.39, 0.29) is 16.9 Å². The highest BCUT2D eigenvalue weighted by Gasteiger charge is 2.31. The molecule has 0 saturated carbocycles. The van der Waals surface area contributed by atoms with Crippen molar-refractivity contribution in [1.82, 2.24) is 14.8 Å². The first-order chi connectivity index (χ1) is 15.2. The standard InChI is InChI=1S/C23H18F3N3O3/c1-13-20-18(22(30)32-3)12-19(14-7-9-17(31-2)10-8-14)27-21(20)29(28-13)16-6-4-5-15(11-16)23(24,25)26/h4-12H,1-3H3. The second-order valence-corrected chi connectivity index (χ2v) is 7.02. The summed E-state index contributed by atoms with van der Waals surface area (Å²) in [4.78, 5) is 17.2. The molecule has 9 heteroatoms. The maximum Gasteiger partial charge on any atom is 0.416 e. The molecule has 0 bridgehead atoms. The fourth-order valence-electron chi connectivity index (χ4n) is 3.46. The summed E-state index contributed by atoms with van der Waals surface area (Å²) in [5, 5.41) is 4.79. The minimum Gasteiger partial charge on any atom is -0.497 e. The van der Waals surface area contributed by atoms with Crippen LogP contribution in [0.1, 0.15) is 21.6 Å². The van der Waals surface area contributed by atoms with Crippen molar-refractivity contribution in [3.63, 3.8) is 0 Å². The number of hydrogen-bond acceptors (Lipinski definition) is 5. The van der Waals surface area contributed by atoms with E-state index in [2.05, 4.69) is 10.1 Å². The molecule has 0 unspecified atom stereocenters. The summed E-state index contributed by atoms with van der Waals surface area (Å²) < 4.78 is 51.2. The second kappa shape index (κ2) is 7.99. The number of carbonyl (C=O) groups excluding carboxylic acids is 1. The quantitative estimate of drug-likeness (QED) is 0.407. The van der Waals surface area contributed by atoms with Crippen LogP contribution in [-0.4, -0.2) is 35.0 Å². The van der Waals surface area contributed by atoms with Gasteiger partial charge in [0.15, 0.2) is 5.65 Å². The predicted octanol–water partition coefficient (Wildman–Crippen LogP) is 5.21. The number of pyridine rings is 1. The van der Waals surface area contributed by atoms with Gasteiger partial charge in [0.2, 0.25) is 0 Å². The first-order valence-corrected chi connectivity index (χ1v) is 9.53. The number of benzene rings is 2. The molecule has 0 fully saturated rings. The van der Waals surface area contributed by atoms with Crippen LogP contribution in [0.25, 0.3) is 28.0 Å². The lowest BCUT2D eigenvalue weighted by atomic mass is 10.1. The van der Waals surface area contributed by atoms with E-state index in [9.17, 15) is 18.0 Å². The summed E-state index contributed by atoms with van der Waals surface area (Å²) in [6, 6.07) is 13.4. The van der Waals surface area contributed by atoms with Crippen LogP contribution in [0.15, 0.2) is 54.6 Å². The third-order valence-electron chi connectivity index (χ3n) is 5.02. The van der Waals surface area contributed by atoms with Gasteiger partial charge >= 0.3 is 12.1 Å². The number of alkyl halides is 3. The lowest BCUT2D eigenvalue weighted by molar-refractivity contribution is -0.137. The number of halogens is 3. The number of carbonyl (C=O) groups is 1. The van der Waals surface area contributed by atoms with E-state index < -0.39 is 17.7 Å². The third kappa shape index (κ3) is 3.77. The Bertz CT molecular complexity index is 1310. The lowest BCUT2D eigenvalue weighted by Crippen LogP contribution is -2.07. The van der Waals surface area contributed by atoms with E-state index in [0.717, 1.165) is 12.1 Å². The molecule has 164 valence electrons. The van der Waals surface area contributed by atoms with Gasteiger partial charge in [-0.15, -0.1) is 0 Å². The molecule has 4 rings (SSSR count). The van der Waals surface area contributed by atoms with Crippen molar-refractivity contribution in [3.8, 4) is 22.7 Å². The number of rotatable bonds is 4. The van der Waals surface area contributed by atoms with Crippen LogP contribution >= 0.6 is 0 Å². The van der Waals surface area contributed by atoms with Crippen LogP contribution in [0, 0.1) is 6.92 Å². The number of aromatic nitrogens is 3. The van der Waals surface area contributed by atoms with Crippen molar-refractivity contribution in [2.24, 2.45) is 0 Å². The number of fused-ring (bicyclic) bond motifs is 1. The van der Waals surface area contributed by atoms with Crippen LogP contribution < -0.4 is 4.74 Å². The molecule has 6 nitrogen and oxygen atoms in total. The van der Waals surface area contributed by atoms with Gasteiger partial charge in [-0.2, -0.15) is 18.3 Å². The van der Waals surface area contributed by atoms with E-state index >= 15 is 0 Å². The average Bonchev–Trinajstić information content (AvgIpc) is 3.14. The Hall–Kier alpha value is -3.88. The first kappa shape index (κ1) is 21.4. The van der Waals surface area contributed by atoms with Crippen molar-refractivity contribution in [1.29, 1.82) is 0 Å². The molecular weight excluding hydrogens is 423 g/mol. The highest BCUT2D eigenvalue weighted by Crippen LogP contribution is 2.33. The van der Waals surface area contributed by atoms with E-state index in [0.29, 0.717) is 28.1 Å². The van der Waals surface area contributed by atoms with Crippen LogP contribution in [0.2, 0.25) is 0 Å². The second-order valence-electron chi connectivity index (χ2n) is 7.02. The SMILES string of the molecule is COC(=O)c1cc(-c2ccc(OC)cc2)nc2c1c(C)nn2-c1cccc(C(F)(F)F)c1. The molecule has 2 aromatic heterocycles. The summed E-state index contributed by atoms with van der Waals surface area (Å²) in [5.74, 6) is 0.0479. The van der Waals surface area contributed by atoms with Gasteiger partial charge in [-0.1, -0.05) is 6.07 Å². The van der Waals surface area contributed by atoms with Gasteiger partial charge in [-0.25, -0.2) is 14.5 Å². The Morgan fingerprint density at radius 1 is 1.03 bits per heavy atom. The van der Waals surface area contributed by atoms with Gasteiger partial charge in [0.1, 0.15) is 5.75 Å². The molecule has 0 aliphatic rings. The smallest absolute Gasteiger partial charge is 0.416 e. The summed E-state index contributed by atoms with van der Waals surface area (Å²) in [7, 11) is 2.80. The largest absolute Gasteiger partial charge is 0.497 e. The van der Waals surface area contributed by atoms with Gasteiger partial charge in [0.05, 0.1) is 47.8 Å². The van der Waals surface area contributed by atoms with Gasteiger partial charge in [-0.05, 0) is 55.5 Å². The number of methoxy groups -OCH3 is 2. The first-order valence-electron chi connectivity index (χ1n) is 9.53. The van der Waals surface area contributed by atoms with Gasteiger partial charge < -0.3 is 9.47 Å². The fourth-order valence-corrected chi connectivity index (χ4v) is 3.46. The van der Waals surface area contributed by atoms with Gasteiger partial charge in [0, 0.05) is 5.56 Å². The number of aryl methyl sites for hydroxylation is 1. The van der Waals surface area contributed by atoms with E-state index in [1.54, 1.807) is 44.4 Å². The molecule has 0 saturated heterocycles. The normalized spacial score (nSPS) is 11.6. The highest BCUT2D eigenvalue weighted by molar-refractivity contribution is 6.05. The van der Waals surface area contributed by atoms with E-state index in [4.69, 9.17) is 9.47 Å². The predicted molar refractivity (Wildman–Crippen MR) is 112 cm³/mol. The van der Waals surface area contributed by atoms with Gasteiger partial charge in [0.25, 0.3) is 0 Å². The zero-order chi connectivity index (χ0) is 23.0. The molecule has 0 spiro atoms. The van der Waals surface area contributed by atoms with E-state index in [1.165, 1.54) is 23.9 Å². The molecular formula is C23H18F3N3O3. The van der Waals surface area contributed by atoms with Crippen molar-refractivity contribution in [2.75, 3.05) is 14.2 Å². The fraction of sp³-hybridized carbons (Fsp3) is 0.174. The zero-order valence-electron chi connectivity index (χ0n) is 17.4. The van der Waals surface area contributed by atoms with Crippen molar-refractivity contribution < 1.29 is 27.4 Å². The average molecular weight is 441 g/mol. The minimum atomic E-state index is -4.51. The molecule has 2 heterocycles. The summed E-state index contributed by atoms with van der Waals surface area (Å²) in [5.41, 5.74) is 1.39. The summed E-state index contributed by atoms with van der Waals surface area (Å²) in [6.45, 7) is 1.66. The Labute approximate surface area is 181 Å². The molecule has 0 aliphatic carbocycles. The molecule has 2 aromatic carbocycles. The number of hydrogen-bond donors (Lipinski definition) is 0. The number of nitrogens with zero attached hydrogens (tertiary/aromatic N) is 3. The summed E-state index contributed by atoms with van der Waals surface area (Å²) >= 11 is 0. The number of ether oxygens (including phenoxy) is 2. The lowest BCUT2D eigenvalue weighted by Gasteiger charge is -2.11. The maximum atomic E-state index is 13.2. The molecule has 0 N–H and O–H groups in total. The molecule has 0 radical (unpaired) electrons. The molecule has 4 aromatic rings. The molecule has 0 aliphatic heterocycles. The number of esters is 1. The summed E-state index contributed by atoms with van der Waals surface area (Å²) in [6.07, 6.45) is -4.51. The molecule has 32 heavy (non-hydrogen) atoms. The monoisotopic (exact) mass is 441 g/mol. The van der Waals surface area contributed by atoms with Crippen molar-refractivity contribution >= 4 is 17.0 Å². The molecule has 0 atom stereocenters. The zero-order valence-corrected chi connectivity index (χ0v) is 17.4. The topological polar surface area (TPSA) is 66.2 Å². The Kier molecular flexibility index (Phi) is 5.33. The Morgan fingerprint density at radius 3 is 2.38 bits per heavy atom. The van der Waals surface area contributed by atoms with Crippen molar-refractivity contribution in [2.45, 2.75) is 13.1 Å². The van der Waals surface area contributed by atoms with Crippen LogP contribution in [0.3, 0.4) is 0 Å². The van der Waals surface area contributed by atoms with Crippen LogP contribution in [0.4, 0.5) is 13.2 Å². The third-order valence-corrected chi connectivity index (χ3v) is 5.02.